The minimum absolute atomic E-state index is 0.0681. The zero-order valence-electron chi connectivity index (χ0n) is 14.9. The Bertz CT molecular complexity index is 1060. The summed E-state index contributed by atoms with van der Waals surface area (Å²) in [6.07, 6.45) is 0. The highest BCUT2D eigenvalue weighted by molar-refractivity contribution is 7.92. The summed E-state index contributed by atoms with van der Waals surface area (Å²) in [5, 5.41) is 0.255. The van der Waals surface area contributed by atoms with Crippen LogP contribution >= 0.6 is 11.6 Å². The van der Waals surface area contributed by atoms with Gasteiger partial charge in [-0.15, -0.1) is 0 Å². The number of nitrogens with zero attached hydrogens (tertiary/aromatic N) is 2. The topological polar surface area (TPSA) is 84.0 Å². The van der Waals surface area contributed by atoms with Crippen LogP contribution in [0.25, 0.3) is 0 Å². The number of hydrogen-bond donors (Lipinski definition) is 0. The van der Waals surface area contributed by atoms with Crippen molar-refractivity contribution in [1.29, 1.82) is 0 Å². The fraction of sp³-hybridized carbons (Fsp3) is 0.294. The van der Waals surface area contributed by atoms with E-state index in [2.05, 4.69) is 0 Å². The van der Waals surface area contributed by atoms with E-state index in [4.69, 9.17) is 16.3 Å². The molecule has 3 rings (SSSR count). The molecule has 1 heterocycles. The molecule has 158 valence electrons. The van der Waals surface area contributed by atoms with E-state index in [9.17, 15) is 25.6 Å². The van der Waals surface area contributed by atoms with Gasteiger partial charge in [-0.05, 0) is 48.5 Å². The molecule has 0 saturated carbocycles. The molecule has 0 radical (unpaired) electrons. The zero-order chi connectivity index (χ0) is 21.2. The lowest BCUT2D eigenvalue weighted by molar-refractivity contribution is 0.0730. The molecule has 0 aromatic heterocycles. The lowest BCUT2D eigenvalue weighted by Crippen LogP contribution is -2.40. The average molecular weight is 467 g/mol. The molecule has 0 N–H and O–H groups in total. The van der Waals surface area contributed by atoms with Gasteiger partial charge in [0.25, 0.3) is 10.0 Å². The SMILES string of the molecule is O=S(=O)(c1ccc(N(C(F)F)S(=O)(=O)c2ccc(Cl)cc2)cc1)N1CCOCC1. The van der Waals surface area contributed by atoms with Gasteiger partial charge in [-0.1, -0.05) is 11.6 Å². The van der Waals surface area contributed by atoms with Crippen LogP contribution in [-0.2, 0) is 24.8 Å². The third kappa shape index (κ3) is 4.53. The lowest BCUT2D eigenvalue weighted by atomic mass is 10.3. The van der Waals surface area contributed by atoms with E-state index in [0.717, 1.165) is 36.4 Å². The number of benzene rings is 2. The van der Waals surface area contributed by atoms with Crippen molar-refractivity contribution >= 4 is 37.3 Å². The zero-order valence-corrected chi connectivity index (χ0v) is 17.3. The largest absolute Gasteiger partial charge is 0.379 e. The van der Waals surface area contributed by atoms with E-state index in [1.165, 1.54) is 16.4 Å². The fourth-order valence-corrected chi connectivity index (χ4v) is 5.63. The maximum Gasteiger partial charge on any atom is 0.328 e. The van der Waals surface area contributed by atoms with Crippen molar-refractivity contribution < 1.29 is 30.4 Å². The van der Waals surface area contributed by atoms with Gasteiger partial charge < -0.3 is 4.74 Å². The Kier molecular flexibility index (Phi) is 6.44. The molecule has 1 saturated heterocycles. The minimum Gasteiger partial charge on any atom is -0.379 e. The van der Waals surface area contributed by atoms with Crippen molar-refractivity contribution in [2.75, 3.05) is 30.6 Å². The minimum atomic E-state index is -4.59. The van der Waals surface area contributed by atoms with E-state index in [1.54, 1.807) is 0 Å². The monoisotopic (exact) mass is 466 g/mol. The van der Waals surface area contributed by atoms with Crippen LogP contribution in [-0.4, -0.2) is 54.0 Å². The second-order valence-electron chi connectivity index (χ2n) is 6.04. The first-order valence-electron chi connectivity index (χ1n) is 8.40. The Balaban J connectivity index is 1.94. The molecule has 0 atom stereocenters. The molecule has 1 fully saturated rings. The number of halogens is 3. The van der Waals surface area contributed by atoms with Gasteiger partial charge in [0.15, 0.2) is 0 Å². The molecule has 29 heavy (non-hydrogen) atoms. The van der Waals surface area contributed by atoms with Crippen LogP contribution in [0.1, 0.15) is 0 Å². The molecule has 1 aliphatic heterocycles. The van der Waals surface area contributed by atoms with Crippen molar-refractivity contribution in [2.24, 2.45) is 0 Å². The molecule has 0 aliphatic carbocycles. The molecule has 1 aliphatic rings. The first kappa shape index (κ1) is 21.9. The number of ether oxygens (including phenoxy) is 1. The highest BCUT2D eigenvalue weighted by Crippen LogP contribution is 2.29. The molecular weight excluding hydrogens is 450 g/mol. The van der Waals surface area contributed by atoms with Gasteiger partial charge in [0.2, 0.25) is 10.0 Å². The Morgan fingerprint density at radius 2 is 1.41 bits per heavy atom. The van der Waals surface area contributed by atoms with E-state index in [0.29, 0.717) is 0 Å². The Labute approximate surface area is 172 Å². The fourth-order valence-electron chi connectivity index (χ4n) is 2.78. The van der Waals surface area contributed by atoms with E-state index in [-0.39, 0.29) is 51.1 Å². The van der Waals surface area contributed by atoms with Crippen LogP contribution < -0.4 is 4.31 Å². The second kappa shape index (κ2) is 8.52. The predicted octanol–water partition coefficient (Wildman–Crippen LogP) is 2.78. The van der Waals surface area contributed by atoms with Crippen molar-refractivity contribution in [3.8, 4) is 0 Å². The summed E-state index contributed by atoms with van der Waals surface area (Å²) in [6.45, 7) is -2.50. The summed E-state index contributed by atoms with van der Waals surface area (Å²) in [5.41, 5.74) is -0.365. The third-order valence-corrected chi connectivity index (χ3v) is 8.17. The van der Waals surface area contributed by atoms with E-state index in [1.807, 2.05) is 0 Å². The summed E-state index contributed by atoms with van der Waals surface area (Å²) >= 11 is 5.72. The maximum atomic E-state index is 13.7. The summed E-state index contributed by atoms with van der Waals surface area (Å²) in [7, 11) is -8.42. The van der Waals surface area contributed by atoms with Crippen molar-refractivity contribution in [3.05, 3.63) is 53.6 Å². The molecule has 0 unspecified atom stereocenters. The van der Waals surface area contributed by atoms with Crippen LogP contribution in [0, 0.1) is 0 Å². The van der Waals surface area contributed by atoms with Gasteiger partial charge in [-0.25, -0.2) is 21.1 Å². The quantitative estimate of drug-likeness (QED) is 0.611. The van der Waals surface area contributed by atoms with E-state index < -0.39 is 26.6 Å². The van der Waals surface area contributed by atoms with Crippen molar-refractivity contribution in [1.82, 2.24) is 4.31 Å². The first-order valence-corrected chi connectivity index (χ1v) is 11.7. The number of sulfonamides is 2. The normalized spacial score (nSPS) is 16.1. The number of anilines is 1. The highest BCUT2D eigenvalue weighted by Gasteiger charge is 2.33. The third-order valence-electron chi connectivity index (χ3n) is 4.25. The predicted molar refractivity (Wildman–Crippen MR) is 103 cm³/mol. The van der Waals surface area contributed by atoms with Gasteiger partial charge >= 0.3 is 6.55 Å². The summed E-state index contributed by atoms with van der Waals surface area (Å²) in [6, 6.07) is 9.06. The number of morpholine rings is 1. The summed E-state index contributed by atoms with van der Waals surface area (Å²) in [4.78, 5) is -0.492. The molecule has 12 heteroatoms. The molecule has 2 aromatic carbocycles. The number of hydrogen-bond acceptors (Lipinski definition) is 5. The molecule has 0 bridgehead atoms. The first-order chi connectivity index (χ1) is 13.6. The van der Waals surface area contributed by atoms with Gasteiger partial charge in [0.05, 0.1) is 28.7 Å². The van der Waals surface area contributed by atoms with Gasteiger partial charge in [-0.2, -0.15) is 13.1 Å². The maximum absolute atomic E-state index is 13.7. The number of rotatable bonds is 6. The Hall–Kier alpha value is -1.79. The van der Waals surface area contributed by atoms with Crippen LogP contribution in [0.5, 0.6) is 0 Å². The molecule has 7 nitrogen and oxygen atoms in total. The second-order valence-corrected chi connectivity index (χ2v) is 10.2. The van der Waals surface area contributed by atoms with Crippen LogP contribution in [0.3, 0.4) is 0 Å². The molecule has 2 aromatic rings. The molecule has 0 amide bonds. The molecule has 0 spiro atoms. The lowest BCUT2D eigenvalue weighted by Gasteiger charge is -2.26. The van der Waals surface area contributed by atoms with Crippen LogP contribution in [0.4, 0.5) is 14.5 Å². The van der Waals surface area contributed by atoms with E-state index >= 15 is 0 Å². The Morgan fingerprint density at radius 1 is 0.897 bits per heavy atom. The molecular formula is C17H17ClF2N2O5S2. The summed E-state index contributed by atoms with van der Waals surface area (Å²) < 4.78 is 84.2. The average Bonchev–Trinajstić information content (AvgIpc) is 2.69. The van der Waals surface area contributed by atoms with Gasteiger partial charge in [0.1, 0.15) is 0 Å². The standard InChI is InChI=1S/C17H17ClF2N2O5S2/c18-13-1-5-16(6-2-13)29(25,26)22(17(19)20)14-3-7-15(8-4-14)28(23,24)21-9-11-27-12-10-21/h1-8,17H,9-12H2. The highest BCUT2D eigenvalue weighted by atomic mass is 35.5. The van der Waals surface area contributed by atoms with Crippen molar-refractivity contribution in [2.45, 2.75) is 16.3 Å². The van der Waals surface area contributed by atoms with Gasteiger partial charge in [0, 0.05) is 18.1 Å². The smallest absolute Gasteiger partial charge is 0.328 e. The Morgan fingerprint density at radius 3 is 1.93 bits per heavy atom. The summed E-state index contributed by atoms with van der Waals surface area (Å²) in [5.74, 6) is 0. The number of alkyl halides is 2. The van der Waals surface area contributed by atoms with Crippen LogP contribution in [0.15, 0.2) is 58.3 Å². The van der Waals surface area contributed by atoms with Gasteiger partial charge in [-0.3, -0.25) is 0 Å². The van der Waals surface area contributed by atoms with Crippen LogP contribution in [0.2, 0.25) is 5.02 Å². The van der Waals surface area contributed by atoms with Crippen molar-refractivity contribution in [3.63, 3.8) is 0 Å².